The van der Waals surface area contributed by atoms with Crippen molar-refractivity contribution in [1.29, 1.82) is 0 Å². The predicted molar refractivity (Wildman–Crippen MR) is 129 cm³/mol. The molecule has 0 aliphatic carbocycles. The van der Waals surface area contributed by atoms with Gasteiger partial charge in [-0.15, -0.1) is 11.3 Å². The number of benzene rings is 1. The zero-order chi connectivity index (χ0) is 23.0. The zero-order valence-corrected chi connectivity index (χ0v) is 21.0. The van der Waals surface area contributed by atoms with Crippen LogP contribution in [0.1, 0.15) is 52.5 Å². The minimum absolute atomic E-state index is 0.307. The number of hydrogen-bond donors (Lipinski definition) is 2. The van der Waals surface area contributed by atoms with Crippen LogP contribution in [0.25, 0.3) is 0 Å². The molecular formula is C22H27IN2O5S. The lowest BCUT2D eigenvalue weighted by atomic mass is 10.1. The minimum atomic E-state index is -0.835. The molecule has 168 valence electrons. The fourth-order valence-electron chi connectivity index (χ4n) is 2.67. The van der Waals surface area contributed by atoms with E-state index in [0.29, 0.717) is 18.5 Å². The number of thiophene rings is 1. The highest BCUT2D eigenvalue weighted by atomic mass is 127. The van der Waals surface area contributed by atoms with Crippen LogP contribution in [0.5, 0.6) is 0 Å². The van der Waals surface area contributed by atoms with Crippen LogP contribution in [0.4, 0.5) is 4.79 Å². The summed E-state index contributed by atoms with van der Waals surface area (Å²) < 4.78 is 10.8. The Kier molecular flexibility index (Phi) is 9.30. The second-order valence-electron chi connectivity index (χ2n) is 7.75. The molecule has 0 saturated carbocycles. The quantitative estimate of drug-likeness (QED) is 0.285. The van der Waals surface area contributed by atoms with Crippen molar-refractivity contribution in [3.63, 3.8) is 0 Å². The number of nitrogens with one attached hydrogen (secondary N) is 2. The van der Waals surface area contributed by atoms with E-state index in [1.165, 1.54) is 18.4 Å². The summed E-state index contributed by atoms with van der Waals surface area (Å²) in [6.45, 7) is 5.69. The molecule has 0 saturated heterocycles. The van der Waals surface area contributed by atoms with E-state index in [1.807, 2.05) is 24.3 Å². The Hall–Kier alpha value is -2.14. The number of carbonyl (C=O) groups excluding carboxylic acids is 3. The lowest BCUT2D eigenvalue weighted by Crippen LogP contribution is -2.42. The van der Waals surface area contributed by atoms with Gasteiger partial charge in [0.25, 0.3) is 0 Å². The summed E-state index contributed by atoms with van der Waals surface area (Å²) in [7, 11) is 1.34. The van der Waals surface area contributed by atoms with E-state index in [0.717, 1.165) is 19.7 Å². The van der Waals surface area contributed by atoms with Crippen LogP contribution >= 0.6 is 33.9 Å². The Labute approximate surface area is 200 Å². The van der Waals surface area contributed by atoms with E-state index in [-0.39, 0.29) is 5.91 Å². The first-order valence-corrected chi connectivity index (χ1v) is 12.1. The molecule has 0 radical (unpaired) electrons. The van der Waals surface area contributed by atoms with Gasteiger partial charge in [0.2, 0.25) is 5.91 Å². The van der Waals surface area contributed by atoms with Gasteiger partial charge in [-0.05, 0) is 57.0 Å². The molecule has 2 aromatic rings. The maximum atomic E-state index is 12.9. The number of methoxy groups -OCH3 is 1. The van der Waals surface area contributed by atoms with Gasteiger partial charge in [0, 0.05) is 20.7 Å². The Bertz CT molecular complexity index is 905. The van der Waals surface area contributed by atoms with Crippen molar-refractivity contribution in [1.82, 2.24) is 10.6 Å². The van der Waals surface area contributed by atoms with E-state index in [4.69, 9.17) is 4.74 Å². The van der Waals surface area contributed by atoms with E-state index in [2.05, 4.69) is 38.0 Å². The number of carbonyl (C=O) groups is 3. The lowest BCUT2D eigenvalue weighted by molar-refractivity contribution is -0.123. The number of halogens is 1. The van der Waals surface area contributed by atoms with E-state index in [9.17, 15) is 14.4 Å². The Balaban J connectivity index is 2.01. The highest BCUT2D eigenvalue weighted by Crippen LogP contribution is 2.26. The molecule has 31 heavy (non-hydrogen) atoms. The first-order valence-electron chi connectivity index (χ1n) is 9.72. The van der Waals surface area contributed by atoms with Crippen LogP contribution in [0.15, 0.2) is 36.4 Å². The molecule has 9 heteroatoms. The molecule has 1 aromatic heterocycles. The molecule has 1 aromatic carbocycles. The third-order valence-corrected chi connectivity index (χ3v) is 6.60. The number of esters is 1. The van der Waals surface area contributed by atoms with Gasteiger partial charge in [-0.25, -0.2) is 9.59 Å². The largest absolute Gasteiger partial charge is 0.465 e. The van der Waals surface area contributed by atoms with E-state index < -0.39 is 23.7 Å². The van der Waals surface area contributed by atoms with Gasteiger partial charge < -0.3 is 20.1 Å². The number of hydrogen-bond acceptors (Lipinski definition) is 6. The maximum Gasteiger partial charge on any atom is 0.408 e. The van der Waals surface area contributed by atoms with Crippen molar-refractivity contribution in [3.8, 4) is 0 Å². The Morgan fingerprint density at radius 1 is 1.10 bits per heavy atom. The summed E-state index contributed by atoms with van der Waals surface area (Å²) in [4.78, 5) is 38.5. The number of rotatable bonds is 8. The Morgan fingerprint density at radius 2 is 1.77 bits per heavy atom. The summed E-state index contributed by atoms with van der Waals surface area (Å²) in [6, 6.07) is 9.98. The van der Waals surface area contributed by atoms with E-state index in [1.54, 1.807) is 32.9 Å². The molecule has 7 nitrogen and oxygen atoms in total. The second kappa shape index (κ2) is 11.5. The van der Waals surface area contributed by atoms with Crippen LogP contribution in [-0.2, 0) is 25.1 Å². The SMILES string of the molecule is COC(=O)c1ccc(CCNC(=O)C(NC(=O)OC(C)(C)C)c2ccc(CI)s2)cc1. The maximum absolute atomic E-state index is 12.9. The van der Waals surface area contributed by atoms with Crippen molar-refractivity contribution in [3.05, 3.63) is 57.3 Å². The molecule has 2 rings (SSSR count). The average molecular weight is 558 g/mol. The highest BCUT2D eigenvalue weighted by molar-refractivity contribution is 14.1. The van der Waals surface area contributed by atoms with Crippen molar-refractivity contribution < 1.29 is 23.9 Å². The van der Waals surface area contributed by atoms with Crippen LogP contribution in [0.3, 0.4) is 0 Å². The van der Waals surface area contributed by atoms with Gasteiger partial charge in [0.05, 0.1) is 12.7 Å². The van der Waals surface area contributed by atoms with Crippen molar-refractivity contribution >= 4 is 51.9 Å². The number of amides is 2. The van der Waals surface area contributed by atoms with Crippen LogP contribution in [0, 0.1) is 0 Å². The summed E-state index contributed by atoms with van der Waals surface area (Å²) in [6.07, 6.45) is -0.0639. The minimum Gasteiger partial charge on any atom is -0.465 e. The third kappa shape index (κ3) is 8.13. The molecule has 1 atom stereocenters. The lowest BCUT2D eigenvalue weighted by Gasteiger charge is -2.23. The summed E-state index contributed by atoms with van der Waals surface area (Å²) in [5.74, 6) is -0.698. The highest BCUT2D eigenvalue weighted by Gasteiger charge is 2.27. The zero-order valence-electron chi connectivity index (χ0n) is 18.0. The number of ether oxygens (including phenoxy) is 2. The fraction of sp³-hybridized carbons (Fsp3) is 0.409. The molecule has 2 amide bonds. The molecule has 2 N–H and O–H groups in total. The number of alkyl halides is 1. The van der Waals surface area contributed by atoms with Crippen LogP contribution < -0.4 is 10.6 Å². The molecule has 0 aliphatic rings. The number of alkyl carbamates (subject to hydrolysis) is 1. The van der Waals surface area contributed by atoms with Gasteiger partial charge in [0.1, 0.15) is 11.6 Å². The molecule has 0 aliphatic heterocycles. The van der Waals surface area contributed by atoms with Crippen LogP contribution in [0.2, 0.25) is 0 Å². The molecule has 1 heterocycles. The first-order chi connectivity index (χ1) is 14.6. The van der Waals surface area contributed by atoms with Gasteiger partial charge in [-0.2, -0.15) is 0 Å². The molecular weight excluding hydrogens is 531 g/mol. The average Bonchev–Trinajstić information content (AvgIpc) is 3.19. The van der Waals surface area contributed by atoms with Gasteiger partial charge in [-0.1, -0.05) is 34.7 Å². The molecule has 0 bridgehead atoms. The smallest absolute Gasteiger partial charge is 0.408 e. The monoisotopic (exact) mass is 558 g/mol. The summed E-state index contributed by atoms with van der Waals surface area (Å²) >= 11 is 3.74. The molecule has 0 fully saturated rings. The predicted octanol–water partition coefficient (Wildman–Crippen LogP) is 4.39. The van der Waals surface area contributed by atoms with Gasteiger partial charge >= 0.3 is 12.1 Å². The second-order valence-corrected chi connectivity index (χ2v) is 9.71. The summed E-state index contributed by atoms with van der Waals surface area (Å²) in [5, 5.41) is 5.56. The molecule has 0 spiro atoms. The van der Waals surface area contributed by atoms with Crippen LogP contribution in [-0.4, -0.2) is 37.2 Å². The van der Waals surface area contributed by atoms with Crippen molar-refractivity contribution in [2.24, 2.45) is 0 Å². The third-order valence-electron chi connectivity index (χ3n) is 4.11. The normalized spacial score (nSPS) is 12.0. The van der Waals surface area contributed by atoms with Crippen molar-refractivity contribution in [2.75, 3.05) is 13.7 Å². The first kappa shape index (κ1) is 25.1. The van der Waals surface area contributed by atoms with Gasteiger partial charge in [-0.3, -0.25) is 4.79 Å². The topological polar surface area (TPSA) is 93.7 Å². The Morgan fingerprint density at radius 3 is 2.32 bits per heavy atom. The fourth-order valence-corrected chi connectivity index (χ4v) is 4.30. The van der Waals surface area contributed by atoms with Crippen molar-refractivity contribution in [2.45, 2.75) is 43.3 Å². The molecule has 1 unspecified atom stereocenters. The van der Waals surface area contributed by atoms with Gasteiger partial charge in [0.15, 0.2) is 0 Å². The standard InChI is InChI=1S/C22H27IN2O5S/c1-22(2,3)30-21(28)25-18(17-10-9-16(13-23)31-17)19(26)24-12-11-14-5-7-15(8-6-14)20(27)29-4/h5-10,18H,11-13H2,1-4H3,(H,24,26)(H,25,28). The summed E-state index contributed by atoms with van der Waals surface area (Å²) in [5.41, 5.74) is 0.776. The van der Waals surface area contributed by atoms with E-state index >= 15 is 0 Å².